The number of benzene rings is 1. The van der Waals surface area contributed by atoms with Crippen molar-refractivity contribution < 1.29 is 9.59 Å². The Morgan fingerprint density at radius 3 is 2.25 bits per heavy atom. The van der Waals surface area contributed by atoms with Gasteiger partial charge in [0.1, 0.15) is 0 Å². The van der Waals surface area contributed by atoms with E-state index in [1.54, 1.807) is 29.2 Å². The molecule has 1 N–H and O–H groups in total. The lowest BCUT2D eigenvalue weighted by atomic mass is 10.0. The summed E-state index contributed by atoms with van der Waals surface area (Å²) in [7, 11) is 0. The summed E-state index contributed by atoms with van der Waals surface area (Å²) in [4.78, 5) is 28.6. The third-order valence-corrected chi connectivity index (χ3v) is 4.78. The van der Waals surface area contributed by atoms with E-state index < -0.39 is 0 Å². The predicted octanol–water partition coefficient (Wildman–Crippen LogP) is 3.84. The molecule has 132 valence electrons. The van der Waals surface area contributed by atoms with E-state index in [0.717, 1.165) is 31.5 Å². The molecule has 2 rings (SSSR count). The molecule has 0 unspecified atom stereocenters. The summed E-state index contributed by atoms with van der Waals surface area (Å²) in [6.07, 6.45) is 2.54. The highest BCUT2D eigenvalue weighted by Crippen LogP contribution is 2.16. The first-order valence-corrected chi connectivity index (χ1v) is 9.03. The third kappa shape index (κ3) is 4.87. The summed E-state index contributed by atoms with van der Waals surface area (Å²) in [6, 6.07) is 6.92. The van der Waals surface area contributed by atoms with Crippen molar-refractivity contribution in [2.75, 3.05) is 31.5 Å². The maximum absolute atomic E-state index is 12.5. The Hall–Kier alpha value is -1.75. The van der Waals surface area contributed by atoms with Gasteiger partial charge in [0, 0.05) is 42.8 Å². The van der Waals surface area contributed by atoms with Crippen LogP contribution in [0.2, 0.25) is 5.02 Å². The molecule has 1 saturated heterocycles. The fourth-order valence-corrected chi connectivity index (χ4v) is 3.10. The lowest BCUT2D eigenvalue weighted by Crippen LogP contribution is -2.41. The first-order chi connectivity index (χ1) is 11.5. The Kier molecular flexibility index (Phi) is 6.91. The minimum Gasteiger partial charge on any atom is -0.341 e. The maximum atomic E-state index is 12.5. The molecule has 1 heterocycles. The van der Waals surface area contributed by atoms with Gasteiger partial charge in [0.25, 0.3) is 0 Å². The van der Waals surface area contributed by atoms with Crippen LogP contribution in [0.1, 0.15) is 33.1 Å². The number of hydrogen-bond donors (Lipinski definition) is 1. The number of halogens is 1. The van der Waals surface area contributed by atoms with Gasteiger partial charge in [-0.2, -0.15) is 0 Å². The van der Waals surface area contributed by atoms with Crippen molar-refractivity contribution in [3.05, 3.63) is 29.3 Å². The Bertz CT molecular complexity index is 558. The summed E-state index contributed by atoms with van der Waals surface area (Å²) in [5.74, 6) is 0.319. The molecule has 1 aromatic carbocycles. The fraction of sp³-hybridized carbons (Fsp3) is 0.556. The lowest BCUT2D eigenvalue weighted by Gasteiger charge is -2.25. The lowest BCUT2D eigenvalue weighted by molar-refractivity contribution is -0.135. The van der Waals surface area contributed by atoms with Crippen LogP contribution in [0.4, 0.5) is 10.5 Å². The van der Waals surface area contributed by atoms with Crippen molar-refractivity contribution in [2.45, 2.75) is 33.1 Å². The topological polar surface area (TPSA) is 52.7 Å². The van der Waals surface area contributed by atoms with Crippen molar-refractivity contribution >= 4 is 29.2 Å². The van der Waals surface area contributed by atoms with E-state index in [4.69, 9.17) is 11.6 Å². The predicted molar refractivity (Wildman–Crippen MR) is 97.3 cm³/mol. The van der Waals surface area contributed by atoms with Gasteiger partial charge in [-0.3, -0.25) is 4.79 Å². The number of urea groups is 1. The zero-order valence-electron chi connectivity index (χ0n) is 14.4. The van der Waals surface area contributed by atoms with Crippen molar-refractivity contribution in [3.63, 3.8) is 0 Å². The maximum Gasteiger partial charge on any atom is 0.321 e. The zero-order valence-corrected chi connectivity index (χ0v) is 15.2. The quantitative estimate of drug-likeness (QED) is 0.895. The van der Waals surface area contributed by atoms with E-state index in [1.165, 1.54) is 0 Å². The molecular formula is C18H26ClN3O2. The van der Waals surface area contributed by atoms with Crippen molar-refractivity contribution in [1.82, 2.24) is 9.80 Å². The van der Waals surface area contributed by atoms with E-state index >= 15 is 0 Å². The standard InChI is InChI=1S/C18H26ClN3O2/c1-3-14(4-2)17(23)21-10-5-11-22(13-12-21)18(24)20-16-8-6-15(19)7-9-16/h6-9,14H,3-5,10-13H2,1-2H3,(H,20,24). The van der Waals surface area contributed by atoms with Gasteiger partial charge >= 0.3 is 6.03 Å². The second-order valence-electron chi connectivity index (χ2n) is 6.12. The van der Waals surface area contributed by atoms with Crippen molar-refractivity contribution in [1.29, 1.82) is 0 Å². The Morgan fingerprint density at radius 2 is 1.62 bits per heavy atom. The molecule has 24 heavy (non-hydrogen) atoms. The summed E-state index contributed by atoms with van der Waals surface area (Å²) in [6.45, 7) is 6.65. The zero-order chi connectivity index (χ0) is 17.5. The van der Waals surface area contributed by atoms with Gasteiger partial charge in [0.2, 0.25) is 5.91 Å². The number of carbonyl (C=O) groups excluding carboxylic acids is 2. The van der Waals surface area contributed by atoms with Crippen LogP contribution in [0.25, 0.3) is 0 Å². The monoisotopic (exact) mass is 351 g/mol. The molecular weight excluding hydrogens is 326 g/mol. The Labute approximate surface area is 149 Å². The van der Waals surface area contributed by atoms with Gasteiger partial charge in [-0.1, -0.05) is 25.4 Å². The van der Waals surface area contributed by atoms with Crippen LogP contribution in [0, 0.1) is 5.92 Å². The summed E-state index contributed by atoms with van der Waals surface area (Å²) >= 11 is 5.85. The first kappa shape index (κ1) is 18.6. The summed E-state index contributed by atoms with van der Waals surface area (Å²) in [5, 5.41) is 3.52. The molecule has 0 aromatic heterocycles. The second kappa shape index (κ2) is 8.92. The smallest absolute Gasteiger partial charge is 0.321 e. The van der Waals surface area contributed by atoms with Crippen LogP contribution in [-0.2, 0) is 4.79 Å². The average Bonchev–Trinajstić information content (AvgIpc) is 2.84. The molecule has 1 aromatic rings. The molecule has 0 bridgehead atoms. The van der Waals surface area contributed by atoms with E-state index in [9.17, 15) is 9.59 Å². The minimum atomic E-state index is -0.130. The highest BCUT2D eigenvalue weighted by atomic mass is 35.5. The van der Waals surface area contributed by atoms with Gasteiger partial charge in [0.15, 0.2) is 0 Å². The highest BCUT2D eigenvalue weighted by molar-refractivity contribution is 6.30. The number of anilines is 1. The number of nitrogens with zero attached hydrogens (tertiary/aromatic N) is 2. The molecule has 0 aliphatic carbocycles. The molecule has 1 aliphatic rings. The van der Waals surface area contributed by atoms with E-state index in [1.807, 2.05) is 4.90 Å². The molecule has 3 amide bonds. The molecule has 0 saturated carbocycles. The summed E-state index contributed by atoms with van der Waals surface area (Å²) in [5.41, 5.74) is 0.721. The molecule has 1 fully saturated rings. The third-order valence-electron chi connectivity index (χ3n) is 4.53. The Balaban J connectivity index is 1.91. The summed E-state index contributed by atoms with van der Waals surface area (Å²) < 4.78 is 0. The largest absolute Gasteiger partial charge is 0.341 e. The minimum absolute atomic E-state index is 0.0967. The molecule has 5 nitrogen and oxygen atoms in total. The van der Waals surface area contributed by atoms with Crippen molar-refractivity contribution in [2.24, 2.45) is 5.92 Å². The number of hydrogen-bond acceptors (Lipinski definition) is 2. The van der Waals surface area contributed by atoms with Gasteiger partial charge in [-0.25, -0.2) is 4.79 Å². The number of nitrogens with one attached hydrogen (secondary N) is 1. The van der Waals surface area contributed by atoms with Gasteiger partial charge in [-0.15, -0.1) is 0 Å². The molecule has 1 aliphatic heterocycles. The number of rotatable bonds is 4. The van der Waals surface area contributed by atoms with Gasteiger partial charge < -0.3 is 15.1 Å². The Morgan fingerprint density at radius 1 is 1.04 bits per heavy atom. The van der Waals surface area contributed by atoms with E-state index in [0.29, 0.717) is 24.7 Å². The first-order valence-electron chi connectivity index (χ1n) is 8.65. The average molecular weight is 352 g/mol. The van der Waals surface area contributed by atoms with Crippen LogP contribution >= 0.6 is 11.6 Å². The molecule has 0 atom stereocenters. The van der Waals surface area contributed by atoms with Crippen LogP contribution in [-0.4, -0.2) is 47.9 Å². The van der Waals surface area contributed by atoms with Crippen LogP contribution < -0.4 is 5.32 Å². The van der Waals surface area contributed by atoms with E-state index in [-0.39, 0.29) is 17.9 Å². The van der Waals surface area contributed by atoms with Gasteiger partial charge in [0.05, 0.1) is 0 Å². The number of amides is 3. The van der Waals surface area contributed by atoms with E-state index in [2.05, 4.69) is 19.2 Å². The number of carbonyl (C=O) groups is 2. The molecule has 6 heteroatoms. The highest BCUT2D eigenvalue weighted by Gasteiger charge is 2.25. The fourth-order valence-electron chi connectivity index (χ4n) is 2.97. The molecule has 0 radical (unpaired) electrons. The second-order valence-corrected chi connectivity index (χ2v) is 6.55. The molecule has 0 spiro atoms. The van der Waals surface area contributed by atoms with Crippen LogP contribution in [0.5, 0.6) is 0 Å². The van der Waals surface area contributed by atoms with Crippen LogP contribution in [0.3, 0.4) is 0 Å². The SMILES string of the molecule is CCC(CC)C(=O)N1CCCN(C(=O)Nc2ccc(Cl)cc2)CC1. The van der Waals surface area contributed by atoms with Crippen molar-refractivity contribution in [3.8, 4) is 0 Å². The van der Waals surface area contributed by atoms with Crippen LogP contribution in [0.15, 0.2) is 24.3 Å². The normalized spacial score (nSPS) is 15.3. The van der Waals surface area contributed by atoms with Gasteiger partial charge in [-0.05, 0) is 43.5 Å².